The van der Waals surface area contributed by atoms with E-state index in [-0.39, 0.29) is 5.97 Å². The van der Waals surface area contributed by atoms with Crippen LogP contribution in [0.5, 0.6) is 0 Å². The molecule has 5 heteroatoms. The molecule has 0 saturated heterocycles. The summed E-state index contributed by atoms with van der Waals surface area (Å²) in [4.78, 5) is 11.5. The Bertz CT molecular complexity index is 385. The van der Waals surface area contributed by atoms with E-state index in [0.29, 0.717) is 23.8 Å². The molecule has 0 radical (unpaired) electrons. The van der Waals surface area contributed by atoms with Crippen LogP contribution in [-0.4, -0.2) is 24.1 Å². The van der Waals surface area contributed by atoms with E-state index in [9.17, 15) is 4.79 Å². The Labute approximate surface area is 92.8 Å². The van der Waals surface area contributed by atoms with E-state index in [1.54, 1.807) is 30.3 Å². The molecule has 4 nitrogen and oxygen atoms in total. The van der Waals surface area contributed by atoms with Gasteiger partial charge in [-0.3, -0.25) is 5.01 Å². The Morgan fingerprint density at radius 3 is 3.20 bits per heavy atom. The van der Waals surface area contributed by atoms with Crippen LogP contribution in [0, 0.1) is 0 Å². The first-order valence-electron chi connectivity index (χ1n) is 4.70. The Kier molecular flexibility index (Phi) is 2.79. The largest absolute Gasteiger partial charge is 0.463 e. The molecular weight excluding hydrogens is 216 g/mol. The Balaban J connectivity index is 2.24. The number of halogens is 1. The number of carbonyl (C=O) groups is 1. The molecule has 0 aromatic heterocycles. The van der Waals surface area contributed by atoms with E-state index in [1.165, 1.54) is 0 Å². The highest BCUT2D eigenvalue weighted by Crippen LogP contribution is 2.24. The fourth-order valence-electron chi connectivity index (χ4n) is 1.50. The quantitative estimate of drug-likeness (QED) is 0.721. The van der Waals surface area contributed by atoms with Crippen molar-refractivity contribution in [3.05, 3.63) is 34.7 Å². The van der Waals surface area contributed by atoms with Crippen LogP contribution >= 0.6 is 11.6 Å². The van der Waals surface area contributed by atoms with Crippen LogP contribution in [-0.2, 0) is 9.53 Å². The number of hydrazine groups is 1. The van der Waals surface area contributed by atoms with Gasteiger partial charge in [0.25, 0.3) is 0 Å². The van der Waals surface area contributed by atoms with Crippen molar-refractivity contribution in [2.24, 2.45) is 0 Å². The van der Waals surface area contributed by atoms with Crippen molar-refractivity contribution >= 4 is 17.6 Å². The van der Waals surface area contributed by atoms with Gasteiger partial charge in [-0.2, -0.15) is 0 Å². The number of nitrogens with zero attached hydrogens (tertiary/aromatic N) is 1. The van der Waals surface area contributed by atoms with Gasteiger partial charge in [0.15, 0.2) is 0 Å². The second kappa shape index (κ2) is 4.08. The Morgan fingerprint density at radius 1 is 1.67 bits per heavy atom. The van der Waals surface area contributed by atoms with Crippen LogP contribution in [0.4, 0.5) is 0 Å². The summed E-state index contributed by atoms with van der Waals surface area (Å²) in [6.07, 6.45) is 5.28. The lowest BCUT2D eigenvalue weighted by Crippen LogP contribution is -2.27. The van der Waals surface area contributed by atoms with Gasteiger partial charge in [0.1, 0.15) is 0 Å². The summed E-state index contributed by atoms with van der Waals surface area (Å²) in [6, 6.07) is 0. The predicted molar refractivity (Wildman–Crippen MR) is 56.6 cm³/mol. The molecule has 0 fully saturated rings. The zero-order chi connectivity index (χ0) is 10.8. The molecule has 1 N–H and O–H groups in total. The van der Waals surface area contributed by atoms with Gasteiger partial charge in [-0.1, -0.05) is 11.6 Å². The average Bonchev–Trinajstić information content (AvgIpc) is 2.60. The normalized spacial score (nSPS) is 19.1. The van der Waals surface area contributed by atoms with Crippen LogP contribution in [0.15, 0.2) is 34.7 Å². The molecule has 0 amide bonds. The minimum Gasteiger partial charge on any atom is -0.463 e. The van der Waals surface area contributed by atoms with Gasteiger partial charge in [0, 0.05) is 12.7 Å². The van der Waals surface area contributed by atoms with Crippen molar-refractivity contribution in [1.29, 1.82) is 0 Å². The zero-order valence-electron chi connectivity index (χ0n) is 8.29. The molecule has 2 aliphatic heterocycles. The van der Waals surface area contributed by atoms with E-state index < -0.39 is 0 Å². The lowest BCUT2D eigenvalue weighted by Gasteiger charge is -2.18. The Hall–Kier alpha value is -1.26. The molecular formula is C10H11ClN2O2. The highest BCUT2D eigenvalue weighted by atomic mass is 35.5. The van der Waals surface area contributed by atoms with Crippen molar-refractivity contribution in [2.75, 3.05) is 13.2 Å². The van der Waals surface area contributed by atoms with Crippen LogP contribution in [0.1, 0.15) is 6.92 Å². The molecule has 0 aromatic carbocycles. The molecule has 0 saturated carbocycles. The minimum atomic E-state index is -0.279. The molecule has 0 spiro atoms. The van der Waals surface area contributed by atoms with Gasteiger partial charge < -0.3 is 4.74 Å². The zero-order valence-corrected chi connectivity index (χ0v) is 9.04. The number of nitrogens with one attached hydrogen (secondary N) is 1. The number of ether oxygens (including phenoxy) is 1. The summed E-state index contributed by atoms with van der Waals surface area (Å²) in [5, 5.41) is 2.35. The SMILES string of the molecule is CCOC(=O)C1=C2C=CC(Cl)=CN2NC1. The van der Waals surface area contributed by atoms with E-state index in [2.05, 4.69) is 5.43 Å². The van der Waals surface area contributed by atoms with E-state index in [4.69, 9.17) is 16.3 Å². The van der Waals surface area contributed by atoms with Crippen LogP contribution in [0.2, 0.25) is 0 Å². The number of rotatable bonds is 2. The van der Waals surface area contributed by atoms with E-state index >= 15 is 0 Å². The van der Waals surface area contributed by atoms with Crippen molar-refractivity contribution in [3.63, 3.8) is 0 Å². The third kappa shape index (κ3) is 1.91. The van der Waals surface area contributed by atoms with Gasteiger partial charge in [0.05, 0.1) is 22.9 Å². The summed E-state index contributed by atoms with van der Waals surface area (Å²) < 4.78 is 4.95. The van der Waals surface area contributed by atoms with Crippen molar-refractivity contribution in [3.8, 4) is 0 Å². The maximum absolute atomic E-state index is 11.5. The third-order valence-electron chi connectivity index (χ3n) is 2.17. The van der Waals surface area contributed by atoms with Crippen LogP contribution in [0.3, 0.4) is 0 Å². The van der Waals surface area contributed by atoms with Crippen molar-refractivity contribution in [2.45, 2.75) is 6.92 Å². The Morgan fingerprint density at radius 2 is 2.47 bits per heavy atom. The van der Waals surface area contributed by atoms with Crippen molar-refractivity contribution < 1.29 is 9.53 Å². The standard InChI is InChI=1S/C10H11ClN2O2/c1-2-15-10(14)8-5-12-13-6-7(11)3-4-9(8)13/h3-4,6,12H,2,5H2,1H3. The highest BCUT2D eigenvalue weighted by molar-refractivity contribution is 6.31. The summed E-state index contributed by atoms with van der Waals surface area (Å²) in [5.41, 5.74) is 4.46. The number of esters is 1. The predicted octanol–water partition coefficient (Wildman–Crippen LogP) is 1.27. The van der Waals surface area contributed by atoms with Crippen LogP contribution in [0.25, 0.3) is 0 Å². The second-order valence-corrected chi connectivity index (χ2v) is 3.57. The molecule has 0 aliphatic carbocycles. The lowest BCUT2D eigenvalue weighted by molar-refractivity contribution is -0.138. The summed E-state index contributed by atoms with van der Waals surface area (Å²) in [5.74, 6) is -0.279. The fraction of sp³-hybridized carbons (Fsp3) is 0.300. The lowest BCUT2D eigenvalue weighted by atomic mass is 10.2. The molecule has 0 unspecified atom stereocenters. The maximum atomic E-state index is 11.5. The van der Waals surface area contributed by atoms with Gasteiger partial charge >= 0.3 is 5.97 Å². The maximum Gasteiger partial charge on any atom is 0.337 e. The monoisotopic (exact) mass is 226 g/mol. The summed E-state index contributed by atoms with van der Waals surface area (Å²) in [6.45, 7) is 2.64. The van der Waals surface area contributed by atoms with Gasteiger partial charge in [-0.25, -0.2) is 10.2 Å². The van der Waals surface area contributed by atoms with E-state index in [0.717, 1.165) is 5.70 Å². The molecule has 2 rings (SSSR count). The smallest absolute Gasteiger partial charge is 0.337 e. The minimum absolute atomic E-state index is 0.279. The molecule has 2 aliphatic rings. The van der Waals surface area contributed by atoms with Gasteiger partial charge in [0.2, 0.25) is 0 Å². The first kappa shape index (κ1) is 10.3. The first-order valence-corrected chi connectivity index (χ1v) is 5.08. The van der Waals surface area contributed by atoms with Crippen molar-refractivity contribution in [1.82, 2.24) is 10.4 Å². The molecule has 2 heterocycles. The second-order valence-electron chi connectivity index (χ2n) is 3.14. The number of carbonyl (C=O) groups excluding carboxylic acids is 1. The number of hydrogen-bond acceptors (Lipinski definition) is 4. The molecule has 0 bridgehead atoms. The number of hydrogen-bond donors (Lipinski definition) is 1. The number of allylic oxidation sites excluding steroid dienone is 3. The fourth-order valence-corrected chi connectivity index (χ4v) is 1.66. The molecule has 0 atom stereocenters. The van der Waals surface area contributed by atoms with Crippen LogP contribution < -0.4 is 5.43 Å². The first-order chi connectivity index (χ1) is 7.22. The van der Waals surface area contributed by atoms with Gasteiger partial charge in [-0.15, -0.1) is 0 Å². The molecule has 15 heavy (non-hydrogen) atoms. The number of fused-ring (bicyclic) bond motifs is 1. The molecule has 80 valence electrons. The van der Waals surface area contributed by atoms with Gasteiger partial charge in [-0.05, 0) is 19.1 Å². The topological polar surface area (TPSA) is 41.6 Å². The van der Waals surface area contributed by atoms with E-state index in [1.807, 2.05) is 0 Å². The average molecular weight is 227 g/mol. The summed E-state index contributed by atoms with van der Waals surface area (Å²) >= 11 is 5.83. The third-order valence-corrected chi connectivity index (χ3v) is 2.39. The molecule has 0 aromatic rings. The summed E-state index contributed by atoms with van der Waals surface area (Å²) in [7, 11) is 0. The highest BCUT2D eigenvalue weighted by Gasteiger charge is 2.26.